The van der Waals surface area contributed by atoms with Crippen LogP contribution in [0.15, 0.2) is 0 Å². The summed E-state index contributed by atoms with van der Waals surface area (Å²) in [7, 11) is 2.00. The fourth-order valence-electron chi connectivity index (χ4n) is 2.85. The van der Waals surface area contributed by atoms with Crippen LogP contribution in [0.25, 0.3) is 0 Å². The zero-order chi connectivity index (χ0) is 14.2. The van der Waals surface area contributed by atoms with E-state index >= 15 is 0 Å². The van der Waals surface area contributed by atoms with Crippen LogP contribution >= 0.6 is 0 Å². The van der Waals surface area contributed by atoms with Crippen molar-refractivity contribution in [1.29, 1.82) is 0 Å². The van der Waals surface area contributed by atoms with Gasteiger partial charge in [-0.2, -0.15) is 0 Å². The number of amides is 2. The van der Waals surface area contributed by atoms with Crippen LogP contribution in [0.5, 0.6) is 0 Å². The Hall–Kier alpha value is -1.34. The molecule has 2 heterocycles. The minimum absolute atomic E-state index is 0.0541. The number of carboxylic acid groups (broad SMARTS) is 1. The molecule has 2 saturated heterocycles. The van der Waals surface area contributed by atoms with Gasteiger partial charge in [-0.1, -0.05) is 0 Å². The van der Waals surface area contributed by atoms with E-state index in [-0.39, 0.29) is 25.0 Å². The molecular weight excluding hydrogens is 250 g/mol. The fraction of sp³-hybridized carbons (Fsp3) is 0.833. The second kappa shape index (κ2) is 5.34. The maximum Gasteiger partial charge on any atom is 0.326 e. The second-order valence-electron chi connectivity index (χ2n) is 5.48. The van der Waals surface area contributed by atoms with Crippen LogP contribution < -0.4 is 0 Å². The number of aliphatic hydroxyl groups excluding tert-OH is 1. The molecule has 2 aliphatic rings. The van der Waals surface area contributed by atoms with Gasteiger partial charge >= 0.3 is 12.0 Å². The van der Waals surface area contributed by atoms with E-state index in [0.29, 0.717) is 6.54 Å². The third kappa shape index (κ3) is 2.82. The van der Waals surface area contributed by atoms with Crippen molar-refractivity contribution in [3.8, 4) is 0 Å². The van der Waals surface area contributed by atoms with Crippen molar-refractivity contribution in [2.75, 3.05) is 33.2 Å². The number of β-amino-alcohol motifs (C(OH)–C–C–N with tert-alkyl or cyclic N) is 1. The first-order chi connectivity index (χ1) is 8.90. The SMILES string of the molecule is CC1CN(C)CCN1C(=O)N1CC(O)C[C@H]1C(=O)O. The minimum atomic E-state index is -1.05. The Labute approximate surface area is 112 Å². The Morgan fingerprint density at radius 3 is 2.42 bits per heavy atom. The molecule has 0 aromatic heterocycles. The molecule has 0 radical (unpaired) electrons. The van der Waals surface area contributed by atoms with Gasteiger partial charge in [0.2, 0.25) is 0 Å². The Balaban J connectivity index is 2.08. The number of piperazine rings is 1. The summed E-state index contributed by atoms with van der Waals surface area (Å²) < 4.78 is 0. The molecule has 2 fully saturated rings. The van der Waals surface area contributed by atoms with E-state index in [4.69, 9.17) is 5.11 Å². The van der Waals surface area contributed by atoms with Crippen LogP contribution in [0, 0.1) is 0 Å². The molecule has 7 nitrogen and oxygen atoms in total. The number of nitrogens with zero attached hydrogens (tertiary/aromatic N) is 3. The van der Waals surface area contributed by atoms with E-state index in [0.717, 1.165) is 13.1 Å². The standard InChI is InChI=1S/C12H21N3O4/c1-8-6-13(2)3-4-14(8)12(19)15-7-9(16)5-10(15)11(17)18/h8-10,16H,3-7H2,1-2H3,(H,17,18)/t8?,9?,10-/m0/s1. The molecule has 0 aromatic carbocycles. The third-order valence-corrected chi connectivity index (χ3v) is 3.89. The molecule has 0 spiro atoms. The Morgan fingerprint density at radius 1 is 1.16 bits per heavy atom. The van der Waals surface area contributed by atoms with Gasteiger partial charge in [-0.3, -0.25) is 0 Å². The van der Waals surface area contributed by atoms with Crippen molar-refractivity contribution in [1.82, 2.24) is 14.7 Å². The van der Waals surface area contributed by atoms with E-state index in [1.54, 1.807) is 4.90 Å². The lowest BCUT2D eigenvalue weighted by molar-refractivity contribution is -0.141. The summed E-state index contributed by atoms with van der Waals surface area (Å²) in [6.45, 7) is 4.21. The van der Waals surface area contributed by atoms with Gasteiger partial charge in [-0.15, -0.1) is 0 Å². The van der Waals surface area contributed by atoms with Crippen molar-refractivity contribution >= 4 is 12.0 Å². The molecule has 2 N–H and O–H groups in total. The van der Waals surface area contributed by atoms with Crippen molar-refractivity contribution in [3.63, 3.8) is 0 Å². The first kappa shape index (κ1) is 14.1. The molecule has 0 aromatic rings. The highest BCUT2D eigenvalue weighted by Gasteiger charge is 2.42. The van der Waals surface area contributed by atoms with Crippen LogP contribution in [0.3, 0.4) is 0 Å². The van der Waals surface area contributed by atoms with Crippen LogP contribution in [0.4, 0.5) is 4.79 Å². The summed E-state index contributed by atoms with van der Waals surface area (Å²) in [5.41, 5.74) is 0. The van der Waals surface area contributed by atoms with Gasteiger partial charge in [-0.05, 0) is 14.0 Å². The maximum absolute atomic E-state index is 12.4. The monoisotopic (exact) mass is 271 g/mol. The van der Waals surface area contributed by atoms with Gasteiger partial charge < -0.3 is 24.9 Å². The van der Waals surface area contributed by atoms with Crippen molar-refractivity contribution in [2.45, 2.75) is 31.5 Å². The summed E-state index contributed by atoms with van der Waals surface area (Å²) >= 11 is 0. The van der Waals surface area contributed by atoms with E-state index < -0.39 is 18.1 Å². The molecular formula is C12H21N3O4. The Bertz CT molecular complexity index is 376. The number of likely N-dealkylation sites (N-methyl/N-ethyl adjacent to an activating group) is 1. The summed E-state index contributed by atoms with van der Waals surface area (Å²) in [6, 6.07) is -1.13. The molecule has 2 amide bonds. The highest BCUT2D eigenvalue weighted by Crippen LogP contribution is 2.21. The number of carbonyl (C=O) groups excluding carboxylic acids is 1. The molecule has 0 bridgehead atoms. The number of rotatable bonds is 1. The van der Waals surface area contributed by atoms with Gasteiger partial charge in [0.1, 0.15) is 6.04 Å². The van der Waals surface area contributed by atoms with Gasteiger partial charge in [0.25, 0.3) is 0 Å². The predicted molar refractivity (Wildman–Crippen MR) is 67.8 cm³/mol. The first-order valence-corrected chi connectivity index (χ1v) is 6.56. The Kier molecular flexibility index (Phi) is 3.96. The quantitative estimate of drug-likeness (QED) is 0.656. The fourth-order valence-corrected chi connectivity index (χ4v) is 2.85. The number of urea groups is 1. The average molecular weight is 271 g/mol. The maximum atomic E-state index is 12.4. The third-order valence-electron chi connectivity index (χ3n) is 3.89. The van der Waals surface area contributed by atoms with Crippen LogP contribution in [0.1, 0.15) is 13.3 Å². The molecule has 3 atom stereocenters. The van der Waals surface area contributed by atoms with Gasteiger partial charge in [-0.25, -0.2) is 9.59 Å². The molecule has 0 saturated carbocycles. The number of carboxylic acids is 1. The van der Waals surface area contributed by atoms with E-state index in [2.05, 4.69) is 4.90 Å². The number of aliphatic hydroxyl groups is 1. The molecule has 108 valence electrons. The molecule has 2 unspecified atom stereocenters. The number of carbonyl (C=O) groups is 2. The Morgan fingerprint density at radius 2 is 1.84 bits per heavy atom. The van der Waals surface area contributed by atoms with Crippen molar-refractivity contribution in [2.24, 2.45) is 0 Å². The lowest BCUT2D eigenvalue weighted by atomic mass is 10.2. The smallest absolute Gasteiger partial charge is 0.326 e. The number of likely N-dealkylation sites (tertiary alicyclic amines) is 1. The van der Waals surface area contributed by atoms with Gasteiger partial charge in [0.15, 0.2) is 0 Å². The zero-order valence-electron chi connectivity index (χ0n) is 11.3. The minimum Gasteiger partial charge on any atom is -0.480 e. The van der Waals surface area contributed by atoms with Crippen molar-refractivity contribution < 1.29 is 19.8 Å². The van der Waals surface area contributed by atoms with E-state index in [1.165, 1.54) is 4.90 Å². The predicted octanol–water partition coefficient (Wildman–Crippen LogP) is -0.738. The normalized spacial score (nSPS) is 32.7. The highest BCUT2D eigenvalue weighted by atomic mass is 16.4. The largest absolute Gasteiger partial charge is 0.480 e. The van der Waals surface area contributed by atoms with Gasteiger partial charge in [0.05, 0.1) is 6.10 Å². The van der Waals surface area contributed by atoms with Crippen LogP contribution in [-0.2, 0) is 4.79 Å². The first-order valence-electron chi connectivity index (χ1n) is 6.56. The molecule has 2 aliphatic heterocycles. The average Bonchev–Trinajstić information content (AvgIpc) is 2.70. The summed E-state index contributed by atoms with van der Waals surface area (Å²) in [4.78, 5) is 28.7. The van der Waals surface area contributed by atoms with Crippen molar-refractivity contribution in [3.05, 3.63) is 0 Å². The summed E-state index contributed by atoms with van der Waals surface area (Å²) in [5, 5.41) is 18.7. The number of aliphatic carboxylic acids is 1. The van der Waals surface area contributed by atoms with Crippen LogP contribution in [0.2, 0.25) is 0 Å². The topological polar surface area (TPSA) is 84.3 Å². The molecule has 7 heteroatoms. The highest BCUT2D eigenvalue weighted by molar-refractivity contribution is 5.83. The molecule has 19 heavy (non-hydrogen) atoms. The lowest BCUT2D eigenvalue weighted by Crippen LogP contribution is -2.57. The number of hydrogen-bond acceptors (Lipinski definition) is 4. The second-order valence-corrected chi connectivity index (χ2v) is 5.48. The van der Waals surface area contributed by atoms with Crippen LogP contribution in [-0.4, -0.2) is 88.3 Å². The number of hydrogen-bond donors (Lipinski definition) is 2. The van der Waals surface area contributed by atoms with E-state index in [9.17, 15) is 14.7 Å². The zero-order valence-corrected chi connectivity index (χ0v) is 11.3. The summed E-state index contributed by atoms with van der Waals surface area (Å²) in [6.07, 6.45) is -0.628. The molecule has 2 rings (SSSR count). The summed E-state index contributed by atoms with van der Waals surface area (Å²) in [5.74, 6) is -1.05. The van der Waals surface area contributed by atoms with E-state index in [1.807, 2.05) is 14.0 Å². The molecule has 0 aliphatic carbocycles. The lowest BCUT2D eigenvalue weighted by Gasteiger charge is -2.40. The van der Waals surface area contributed by atoms with Gasteiger partial charge in [0, 0.05) is 38.6 Å².